The number of carbonyl (C=O) groups excluding carboxylic acids is 3. The van der Waals surface area contributed by atoms with Crippen LogP contribution in [0.2, 0.25) is 0 Å². The maximum Gasteiger partial charge on any atom is 0.198 e. The van der Waals surface area contributed by atoms with Gasteiger partial charge in [-0.15, -0.1) is 0 Å². The van der Waals surface area contributed by atoms with Crippen LogP contribution in [0.25, 0.3) is 0 Å². The molecule has 43 heavy (non-hydrogen) atoms. The van der Waals surface area contributed by atoms with E-state index < -0.39 is 101 Å². The van der Waals surface area contributed by atoms with Crippen molar-refractivity contribution in [1.29, 1.82) is 0 Å². The Kier molecular flexibility index (Phi) is 7.11. The fourth-order valence-corrected chi connectivity index (χ4v) is 7.25. The molecule has 1 aromatic rings. The van der Waals surface area contributed by atoms with Crippen LogP contribution in [0.1, 0.15) is 85.3 Å². The van der Waals surface area contributed by atoms with Gasteiger partial charge in [0, 0.05) is 42.4 Å². The molecule has 0 aromatic heterocycles. The number of benzene rings is 1. The zero-order valence-electron chi connectivity index (χ0n) is 24.0. The van der Waals surface area contributed by atoms with Crippen molar-refractivity contribution in [2.24, 2.45) is 0 Å². The summed E-state index contributed by atoms with van der Waals surface area (Å²) in [5.74, 6) is -2.99. The fraction of sp³-hybridized carbons (Fsp3) is 0.581. The molecule has 3 fully saturated rings. The molecule has 12 heteroatoms. The van der Waals surface area contributed by atoms with Gasteiger partial charge in [0.05, 0.1) is 47.3 Å². The van der Waals surface area contributed by atoms with Crippen LogP contribution in [0.15, 0.2) is 35.4 Å². The maximum absolute atomic E-state index is 14.3. The molecule has 0 amide bonds. The molecular formula is C31H36O12. The molecule has 10 atom stereocenters. The van der Waals surface area contributed by atoms with Gasteiger partial charge < -0.3 is 44.8 Å². The molecular weight excluding hydrogens is 564 g/mol. The number of ketones is 3. The lowest BCUT2D eigenvalue weighted by molar-refractivity contribution is -0.282. The van der Waals surface area contributed by atoms with Crippen molar-refractivity contribution in [3.05, 3.63) is 52.1 Å². The first kappa shape index (κ1) is 30.2. The minimum Gasteiger partial charge on any atom is -0.507 e. The maximum atomic E-state index is 14.3. The molecule has 0 bridgehead atoms. The van der Waals surface area contributed by atoms with E-state index in [1.165, 1.54) is 31.2 Å². The van der Waals surface area contributed by atoms with Crippen molar-refractivity contribution in [3.8, 4) is 5.75 Å². The smallest absolute Gasteiger partial charge is 0.198 e. The SMILES string of the molecule is CC1OC(OC23C(=O)CC(C)(O)CC2(O)C=CC2=C3C(=O)c3ccc(C4CC(O)C(O)C(C)O4)c(O)c3C2=O)CCC1O. The predicted octanol–water partition coefficient (Wildman–Crippen LogP) is 0.696. The number of aromatic hydroxyl groups is 1. The Morgan fingerprint density at radius 2 is 1.67 bits per heavy atom. The molecule has 0 radical (unpaired) electrons. The first-order chi connectivity index (χ1) is 20.1. The van der Waals surface area contributed by atoms with Gasteiger partial charge in [-0.25, -0.2) is 0 Å². The summed E-state index contributed by atoms with van der Waals surface area (Å²) in [6, 6.07) is 2.69. The molecule has 5 aliphatic rings. The van der Waals surface area contributed by atoms with Crippen LogP contribution in [0, 0.1) is 0 Å². The van der Waals surface area contributed by atoms with Gasteiger partial charge in [0.2, 0.25) is 0 Å². The normalized spacial score (nSPS) is 42.9. The largest absolute Gasteiger partial charge is 0.507 e. The summed E-state index contributed by atoms with van der Waals surface area (Å²) < 4.78 is 17.9. The molecule has 6 rings (SSSR count). The van der Waals surface area contributed by atoms with Crippen LogP contribution < -0.4 is 0 Å². The highest BCUT2D eigenvalue weighted by atomic mass is 16.7. The fourth-order valence-electron chi connectivity index (χ4n) is 7.25. The second kappa shape index (κ2) is 10.1. The summed E-state index contributed by atoms with van der Waals surface area (Å²) in [5, 5.41) is 64.7. The van der Waals surface area contributed by atoms with Gasteiger partial charge >= 0.3 is 0 Å². The number of allylic oxidation sites excluding steroid dienone is 2. The first-order valence-corrected chi connectivity index (χ1v) is 14.5. The molecule has 2 saturated heterocycles. The van der Waals surface area contributed by atoms with E-state index in [9.17, 15) is 45.0 Å². The van der Waals surface area contributed by atoms with Crippen molar-refractivity contribution >= 4 is 17.3 Å². The number of hydrogen-bond acceptors (Lipinski definition) is 12. The summed E-state index contributed by atoms with van der Waals surface area (Å²) in [4.78, 5) is 42.4. The van der Waals surface area contributed by atoms with E-state index in [-0.39, 0.29) is 41.5 Å². The average molecular weight is 601 g/mol. The van der Waals surface area contributed by atoms with Crippen LogP contribution in [-0.2, 0) is 19.0 Å². The Morgan fingerprint density at radius 1 is 0.953 bits per heavy atom. The van der Waals surface area contributed by atoms with Gasteiger partial charge in [0.25, 0.3) is 0 Å². The molecule has 232 valence electrons. The third kappa shape index (κ3) is 4.46. The molecule has 2 heterocycles. The number of hydrogen-bond donors (Lipinski definition) is 6. The van der Waals surface area contributed by atoms with Crippen molar-refractivity contribution in [1.82, 2.24) is 0 Å². The number of rotatable bonds is 3. The number of ether oxygens (including phenoxy) is 3. The first-order valence-electron chi connectivity index (χ1n) is 14.5. The van der Waals surface area contributed by atoms with E-state index in [0.29, 0.717) is 0 Å². The van der Waals surface area contributed by atoms with Crippen LogP contribution in [-0.4, -0.2) is 102 Å². The lowest BCUT2D eigenvalue weighted by atomic mass is 9.57. The van der Waals surface area contributed by atoms with Crippen LogP contribution in [0.5, 0.6) is 5.75 Å². The number of fused-ring (bicyclic) bond motifs is 3. The zero-order valence-corrected chi connectivity index (χ0v) is 24.0. The molecule has 1 aromatic carbocycles. The summed E-state index contributed by atoms with van der Waals surface area (Å²) in [6.07, 6.45) is -4.75. The Bertz CT molecular complexity index is 1450. The highest BCUT2D eigenvalue weighted by Gasteiger charge is 2.68. The number of phenolic OH excluding ortho intramolecular Hbond substituents is 1. The van der Waals surface area contributed by atoms with Gasteiger partial charge in [-0.1, -0.05) is 12.1 Å². The van der Waals surface area contributed by atoms with Gasteiger partial charge in [-0.3, -0.25) is 14.4 Å². The van der Waals surface area contributed by atoms with Crippen LogP contribution in [0.4, 0.5) is 0 Å². The molecule has 2 aliphatic heterocycles. The topological polar surface area (TPSA) is 200 Å². The number of aliphatic hydroxyl groups excluding tert-OH is 3. The van der Waals surface area contributed by atoms with E-state index in [1.807, 2.05) is 0 Å². The quantitative estimate of drug-likeness (QED) is 0.284. The highest BCUT2D eigenvalue weighted by Crippen LogP contribution is 2.54. The van der Waals surface area contributed by atoms with Crippen LogP contribution >= 0.6 is 0 Å². The summed E-state index contributed by atoms with van der Waals surface area (Å²) in [7, 11) is 0. The number of carbonyl (C=O) groups is 3. The third-order valence-corrected chi connectivity index (χ3v) is 9.46. The van der Waals surface area contributed by atoms with Gasteiger partial charge in [0.1, 0.15) is 17.5 Å². The molecule has 12 nitrogen and oxygen atoms in total. The lowest BCUT2D eigenvalue weighted by Gasteiger charge is -2.55. The number of aliphatic hydroxyl groups is 5. The second-order valence-electron chi connectivity index (χ2n) is 12.7. The van der Waals surface area contributed by atoms with E-state index in [4.69, 9.17) is 14.2 Å². The summed E-state index contributed by atoms with van der Waals surface area (Å²) >= 11 is 0. The van der Waals surface area contributed by atoms with E-state index >= 15 is 0 Å². The van der Waals surface area contributed by atoms with Gasteiger partial charge in [-0.05, 0) is 39.3 Å². The monoisotopic (exact) mass is 600 g/mol. The van der Waals surface area contributed by atoms with E-state index in [1.54, 1.807) is 13.8 Å². The summed E-state index contributed by atoms with van der Waals surface area (Å²) in [6.45, 7) is 4.56. The minimum atomic E-state index is -2.42. The van der Waals surface area contributed by atoms with Crippen molar-refractivity contribution in [3.63, 3.8) is 0 Å². The molecule has 0 spiro atoms. The van der Waals surface area contributed by atoms with Crippen LogP contribution in [0.3, 0.4) is 0 Å². The Labute approximate surface area is 247 Å². The van der Waals surface area contributed by atoms with Gasteiger partial charge in [-0.2, -0.15) is 0 Å². The predicted molar refractivity (Wildman–Crippen MR) is 146 cm³/mol. The highest BCUT2D eigenvalue weighted by molar-refractivity contribution is 6.32. The van der Waals surface area contributed by atoms with Crippen molar-refractivity contribution < 1.29 is 59.2 Å². The van der Waals surface area contributed by atoms with Gasteiger partial charge in [0.15, 0.2) is 29.2 Å². The van der Waals surface area contributed by atoms with E-state index in [0.717, 1.165) is 0 Å². The number of phenols is 1. The Balaban J connectivity index is 1.47. The minimum absolute atomic E-state index is 0.0687. The van der Waals surface area contributed by atoms with E-state index in [2.05, 4.69) is 0 Å². The Hall–Kier alpha value is -2.81. The van der Waals surface area contributed by atoms with Crippen molar-refractivity contribution in [2.75, 3.05) is 0 Å². The average Bonchev–Trinajstić information content (AvgIpc) is 2.91. The molecule has 3 aliphatic carbocycles. The zero-order chi connectivity index (χ0) is 31.2. The summed E-state index contributed by atoms with van der Waals surface area (Å²) in [5.41, 5.74) is -7.42. The second-order valence-corrected chi connectivity index (χ2v) is 12.7. The molecule has 6 N–H and O–H groups in total. The standard InChI is InChI=1S/C31H36O12/c1-13-18(32)6-7-22(42-13)43-31-21(34)11-29(3,39)12-30(31,40)9-8-17-24(31)28(38)16-5-4-15(26(36)23(16)27(17)37)20-10-19(33)25(35)14(2)41-20/h4-5,8-9,13-14,18-20,22,25,32-33,35-36,39-40H,6-7,10-12H2,1-3H3. The molecule has 10 unspecified atom stereocenters. The molecule has 1 saturated carbocycles. The lowest BCUT2D eigenvalue weighted by Crippen LogP contribution is -2.71. The third-order valence-electron chi connectivity index (χ3n) is 9.46. The Morgan fingerprint density at radius 3 is 2.35 bits per heavy atom. The number of Topliss-reactive ketones (excluding diaryl/α,β-unsaturated/α-hetero) is 3. The van der Waals surface area contributed by atoms with Crippen molar-refractivity contribution in [2.45, 2.75) is 113 Å².